The summed E-state index contributed by atoms with van der Waals surface area (Å²) >= 11 is 0. The second-order valence-electron chi connectivity index (χ2n) is 5.84. The van der Waals surface area contributed by atoms with E-state index in [2.05, 4.69) is 16.0 Å². The number of benzene rings is 3. The van der Waals surface area contributed by atoms with Gasteiger partial charge in [-0.2, -0.15) is 0 Å². The topological polar surface area (TPSA) is 70.2 Å². The molecule has 3 aromatic rings. The van der Waals surface area contributed by atoms with Gasteiger partial charge in [0.25, 0.3) is 5.91 Å². The van der Waals surface area contributed by atoms with Crippen molar-refractivity contribution in [2.75, 3.05) is 10.6 Å². The Hall–Kier alpha value is -3.67. The molecule has 0 fully saturated rings. The zero-order valence-electron chi connectivity index (χ0n) is 14.4. The third-order valence-corrected chi connectivity index (χ3v) is 3.76. The monoisotopic (exact) mass is 363 g/mol. The number of amides is 3. The molecule has 0 atom stereocenters. The second-order valence-corrected chi connectivity index (χ2v) is 5.84. The lowest BCUT2D eigenvalue weighted by molar-refractivity contribution is 0.102. The molecule has 0 bridgehead atoms. The van der Waals surface area contributed by atoms with Crippen molar-refractivity contribution in [1.29, 1.82) is 0 Å². The van der Waals surface area contributed by atoms with Crippen LogP contribution in [0.2, 0.25) is 0 Å². The number of urea groups is 1. The molecule has 0 spiro atoms. The van der Waals surface area contributed by atoms with E-state index in [9.17, 15) is 14.0 Å². The highest BCUT2D eigenvalue weighted by molar-refractivity contribution is 6.05. The fraction of sp³-hybridized carbons (Fsp3) is 0.0476. The highest BCUT2D eigenvalue weighted by Gasteiger charge is 2.09. The van der Waals surface area contributed by atoms with Crippen molar-refractivity contribution in [2.45, 2.75) is 6.54 Å². The second kappa shape index (κ2) is 8.62. The summed E-state index contributed by atoms with van der Waals surface area (Å²) in [7, 11) is 0. The Morgan fingerprint density at radius 3 is 2.22 bits per heavy atom. The minimum absolute atomic E-state index is 0.347. The van der Waals surface area contributed by atoms with Gasteiger partial charge in [0.2, 0.25) is 0 Å². The molecule has 0 unspecified atom stereocenters. The first-order valence-electron chi connectivity index (χ1n) is 8.36. The number of hydrogen-bond acceptors (Lipinski definition) is 2. The third-order valence-electron chi connectivity index (χ3n) is 3.76. The molecule has 3 rings (SSSR count). The van der Waals surface area contributed by atoms with Gasteiger partial charge in [0, 0.05) is 23.5 Å². The Bertz CT molecular complexity index is 945. The Morgan fingerprint density at radius 2 is 1.48 bits per heavy atom. The zero-order chi connectivity index (χ0) is 19.1. The molecule has 136 valence electrons. The fourth-order valence-electron chi connectivity index (χ4n) is 2.46. The van der Waals surface area contributed by atoms with E-state index in [1.54, 1.807) is 30.3 Å². The number of hydrogen-bond donors (Lipinski definition) is 3. The quantitative estimate of drug-likeness (QED) is 0.629. The third kappa shape index (κ3) is 5.40. The smallest absolute Gasteiger partial charge is 0.319 e. The molecular weight excluding hydrogens is 345 g/mol. The van der Waals surface area contributed by atoms with Gasteiger partial charge in [-0.15, -0.1) is 0 Å². The van der Waals surface area contributed by atoms with Crippen LogP contribution in [0.15, 0.2) is 78.9 Å². The lowest BCUT2D eigenvalue weighted by Crippen LogP contribution is -2.28. The van der Waals surface area contributed by atoms with Crippen LogP contribution in [-0.2, 0) is 6.54 Å². The van der Waals surface area contributed by atoms with Crippen LogP contribution in [0.4, 0.5) is 20.6 Å². The molecule has 0 saturated heterocycles. The maximum atomic E-state index is 13.2. The minimum atomic E-state index is -0.432. The molecule has 0 saturated carbocycles. The lowest BCUT2D eigenvalue weighted by Gasteiger charge is -2.10. The average molecular weight is 363 g/mol. The van der Waals surface area contributed by atoms with Crippen molar-refractivity contribution in [3.63, 3.8) is 0 Å². The van der Waals surface area contributed by atoms with Gasteiger partial charge >= 0.3 is 6.03 Å². The van der Waals surface area contributed by atoms with Crippen LogP contribution in [0, 0.1) is 5.82 Å². The summed E-state index contributed by atoms with van der Waals surface area (Å²) in [5.74, 6) is -0.827. The van der Waals surface area contributed by atoms with Gasteiger partial charge in [-0.3, -0.25) is 4.79 Å². The van der Waals surface area contributed by atoms with Crippen molar-refractivity contribution >= 4 is 23.3 Å². The van der Waals surface area contributed by atoms with Gasteiger partial charge in [-0.05, 0) is 42.0 Å². The molecule has 3 aromatic carbocycles. The normalized spacial score (nSPS) is 10.1. The average Bonchev–Trinajstić information content (AvgIpc) is 2.67. The highest BCUT2D eigenvalue weighted by Crippen LogP contribution is 2.14. The predicted octanol–water partition coefficient (Wildman–Crippen LogP) is 4.40. The highest BCUT2D eigenvalue weighted by atomic mass is 19.1. The molecule has 6 heteroatoms. The maximum absolute atomic E-state index is 13.2. The summed E-state index contributed by atoms with van der Waals surface area (Å²) in [6.07, 6.45) is 0. The van der Waals surface area contributed by atoms with Gasteiger partial charge in [0.1, 0.15) is 5.82 Å². The Balaban J connectivity index is 1.59. The molecule has 0 heterocycles. The van der Waals surface area contributed by atoms with Crippen molar-refractivity contribution < 1.29 is 14.0 Å². The van der Waals surface area contributed by atoms with Gasteiger partial charge < -0.3 is 16.0 Å². The van der Waals surface area contributed by atoms with Crippen LogP contribution in [0.25, 0.3) is 0 Å². The molecule has 0 radical (unpaired) electrons. The Morgan fingerprint density at radius 1 is 0.778 bits per heavy atom. The van der Waals surface area contributed by atoms with Crippen molar-refractivity contribution in [2.24, 2.45) is 0 Å². The van der Waals surface area contributed by atoms with Crippen LogP contribution in [0.5, 0.6) is 0 Å². The van der Waals surface area contributed by atoms with Crippen LogP contribution < -0.4 is 16.0 Å². The zero-order valence-corrected chi connectivity index (χ0v) is 14.4. The molecule has 3 N–H and O–H groups in total. The number of nitrogens with one attached hydrogen (secondary N) is 3. The van der Waals surface area contributed by atoms with Gasteiger partial charge in [-0.25, -0.2) is 9.18 Å². The Labute approximate surface area is 156 Å². The standard InChI is InChI=1S/C21H18FN3O2/c22-17-9-5-11-19(13-17)24-20(26)16-8-4-10-18(12-16)25-21(27)23-14-15-6-2-1-3-7-15/h1-13H,14H2,(H,24,26)(H2,23,25,27). The number of carbonyl (C=O) groups excluding carboxylic acids is 2. The lowest BCUT2D eigenvalue weighted by atomic mass is 10.2. The number of anilines is 2. The number of carbonyl (C=O) groups is 2. The molecule has 0 aliphatic carbocycles. The molecule has 5 nitrogen and oxygen atoms in total. The van der Waals surface area contributed by atoms with E-state index >= 15 is 0 Å². The van der Waals surface area contributed by atoms with E-state index in [-0.39, 0.29) is 6.03 Å². The molecular formula is C21H18FN3O2. The van der Waals surface area contributed by atoms with E-state index in [4.69, 9.17) is 0 Å². The first-order valence-corrected chi connectivity index (χ1v) is 8.36. The molecule has 0 aliphatic rings. The van der Waals surface area contributed by atoms with Crippen LogP contribution in [0.1, 0.15) is 15.9 Å². The van der Waals surface area contributed by atoms with Crippen LogP contribution in [0.3, 0.4) is 0 Å². The molecule has 27 heavy (non-hydrogen) atoms. The number of halogens is 1. The van der Waals surface area contributed by atoms with E-state index in [0.29, 0.717) is 23.5 Å². The first kappa shape index (κ1) is 18.1. The van der Waals surface area contributed by atoms with Crippen LogP contribution in [-0.4, -0.2) is 11.9 Å². The van der Waals surface area contributed by atoms with E-state index in [1.165, 1.54) is 18.2 Å². The fourth-order valence-corrected chi connectivity index (χ4v) is 2.46. The Kier molecular flexibility index (Phi) is 5.79. The van der Waals surface area contributed by atoms with Gasteiger partial charge in [0.05, 0.1) is 0 Å². The summed E-state index contributed by atoms with van der Waals surface area (Å²) in [6, 6.07) is 21.3. The summed E-state index contributed by atoms with van der Waals surface area (Å²) in [5.41, 5.74) is 2.17. The first-order chi connectivity index (χ1) is 13.1. The molecule has 3 amide bonds. The van der Waals surface area contributed by atoms with E-state index in [0.717, 1.165) is 5.56 Å². The van der Waals surface area contributed by atoms with E-state index < -0.39 is 11.7 Å². The SMILES string of the molecule is O=C(NCc1ccccc1)Nc1cccc(C(=O)Nc2cccc(F)c2)c1. The summed E-state index contributed by atoms with van der Waals surface area (Å²) in [4.78, 5) is 24.3. The van der Waals surface area contributed by atoms with Crippen molar-refractivity contribution in [3.05, 3.63) is 95.8 Å². The van der Waals surface area contributed by atoms with Gasteiger partial charge in [0.15, 0.2) is 0 Å². The summed E-state index contributed by atoms with van der Waals surface area (Å²) in [6.45, 7) is 0.395. The van der Waals surface area contributed by atoms with E-state index in [1.807, 2.05) is 30.3 Å². The predicted molar refractivity (Wildman–Crippen MR) is 103 cm³/mol. The van der Waals surface area contributed by atoms with Crippen LogP contribution >= 0.6 is 0 Å². The van der Waals surface area contributed by atoms with Gasteiger partial charge in [-0.1, -0.05) is 42.5 Å². The molecule has 0 aliphatic heterocycles. The maximum Gasteiger partial charge on any atom is 0.319 e. The van der Waals surface area contributed by atoms with Crippen molar-refractivity contribution in [3.8, 4) is 0 Å². The minimum Gasteiger partial charge on any atom is -0.334 e. The number of rotatable bonds is 5. The van der Waals surface area contributed by atoms with Crippen molar-refractivity contribution in [1.82, 2.24) is 5.32 Å². The molecule has 0 aromatic heterocycles. The largest absolute Gasteiger partial charge is 0.334 e. The summed E-state index contributed by atoms with van der Waals surface area (Å²) in [5, 5.41) is 8.06. The summed E-state index contributed by atoms with van der Waals surface area (Å²) < 4.78 is 13.2.